The lowest BCUT2D eigenvalue weighted by molar-refractivity contribution is -0.161. The van der Waals surface area contributed by atoms with Crippen LogP contribution in [0.2, 0.25) is 0 Å². The second kappa shape index (κ2) is 8.44. The number of carboxylic acid groups (broad SMARTS) is 1. The number of nitrogens with one attached hydrogen (secondary N) is 1. The summed E-state index contributed by atoms with van der Waals surface area (Å²) >= 11 is 0.927. The van der Waals surface area contributed by atoms with Crippen molar-refractivity contribution in [1.82, 2.24) is 14.6 Å². The molecule has 170 valence electrons. The Morgan fingerprint density at radius 2 is 2.03 bits per heavy atom. The third-order valence-corrected chi connectivity index (χ3v) is 5.60. The van der Waals surface area contributed by atoms with Crippen LogP contribution < -0.4 is 16.8 Å². The third kappa shape index (κ3) is 5.25. The number of amides is 3. The van der Waals surface area contributed by atoms with Gasteiger partial charge >= 0.3 is 16.3 Å². The summed E-state index contributed by atoms with van der Waals surface area (Å²) in [7, 11) is -5.01. The van der Waals surface area contributed by atoms with Gasteiger partial charge in [-0.1, -0.05) is 5.16 Å². The maximum atomic E-state index is 12.7. The minimum absolute atomic E-state index is 0.00436. The zero-order valence-electron chi connectivity index (χ0n) is 16.0. The van der Waals surface area contributed by atoms with Gasteiger partial charge in [0.05, 0.1) is 12.5 Å². The standard InChI is InChI=1S/C14H18N6O9S2/c1-14(2,12(24)25)29-19-8(5-4-30-13(16)17-5)10(22)18-9-6(3-7(15)21)20(11(9)23)31(26,27)28/h4,6,9H,3H2,1-2H3,(H2,15,21)(H2,16,17)(H,18,22)(H,24,25)(H,26,27,28)/b19-8-. The number of oxime groups is 1. The highest BCUT2D eigenvalue weighted by Crippen LogP contribution is 2.26. The number of primary amides is 1. The van der Waals surface area contributed by atoms with Crippen molar-refractivity contribution in [3.8, 4) is 0 Å². The summed E-state index contributed by atoms with van der Waals surface area (Å²) in [6, 6.07) is -3.04. The Bertz CT molecular complexity index is 1060. The lowest BCUT2D eigenvalue weighted by Crippen LogP contribution is -2.72. The zero-order valence-corrected chi connectivity index (χ0v) is 17.6. The van der Waals surface area contributed by atoms with Crippen molar-refractivity contribution in [3.63, 3.8) is 0 Å². The Hall–Kier alpha value is -3.31. The monoisotopic (exact) mass is 478 g/mol. The van der Waals surface area contributed by atoms with Gasteiger partial charge in [0, 0.05) is 5.38 Å². The summed E-state index contributed by atoms with van der Waals surface area (Å²) in [5.74, 6) is -4.74. The number of hydrogen-bond donors (Lipinski definition) is 5. The summed E-state index contributed by atoms with van der Waals surface area (Å²) in [4.78, 5) is 56.0. The van der Waals surface area contributed by atoms with E-state index in [2.05, 4.69) is 15.5 Å². The molecular weight excluding hydrogens is 460 g/mol. The molecule has 15 nitrogen and oxygen atoms in total. The summed E-state index contributed by atoms with van der Waals surface area (Å²) < 4.78 is 31.9. The normalized spacial score (nSPS) is 19.5. The molecular formula is C14H18N6O9S2. The largest absolute Gasteiger partial charge is 0.478 e. The second-order valence-corrected chi connectivity index (χ2v) is 8.90. The number of nitrogen functional groups attached to an aromatic ring is 1. The van der Waals surface area contributed by atoms with Gasteiger partial charge in [0.25, 0.3) is 11.8 Å². The van der Waals surface area contributed by atoms with Gasteiger partial charge < -0.3 is 26.7 Å². The zero-order chi connectivity index (χ0) is 23.7. The predicted octanol–water partition coefficient (Wildman–Crippen LogP) is -2.32. The molecule has 1 aromatic heterocycles. The lowest BCUT2D eigenvalue weighted by Gasteiger charge is -2.43. The van der Waals surface area contributed by atoms with Crippen LogP contribution in [0.3, 0.4) is 0 Å². The molecule has 0 bridgehead atoms. The van der Waals surface area contributed by atoms with Crippen LogP contribution in [0.25, 0.3) is 0 Å². The number of β-lactam (4-membered cyclic amide) rings is 1. The van der Waals surface area contributed by atoms with E-state index in [1.165, 1.54) is 5.38 Å². The summed E-state index contributed by atoms with van der Waals surface area (Å²) in [6.45, 7) is 2.32. The molecule has 17 heteroatoms. The summed E-state index contributed by atoms with van der Waals surface area (Å²) in [5.41, 5.74) is 8.04. The van der Waals surface area contributed by atoms with E-state index in [0.29, 0.717) is 0 Å². The molecule has 1 fully saturated rings. The number of nitrogens with zero attached hydrogens (tertiary/aromatic N) is 3. The fraction of sp³-hybridized carbons (Fsp3) is 0.429. The van der Waals surface area contributed by atoms with Crippen molar-refractivity contribution in [3.05, 3.63) is 11.1 Å². The van der Waals surface area contributed by atoms with Gasteiger partial charge in [-0.2, -0.15) is 8.42 Å². The van der Waals surface area contributed by atoms with Gasteiger partial charge in [-0.05, 0) is 13.8 Å². The van der Waals surface area contributed by atoms with Crippen LogP contribution in [-0.2, 0) is 34.3 Å². The first-order valence-corrected chi connectivity index (χ1v) is 10.5. The first-order valence-electron chi connectivity index (χ1n) is 8.26. The molecule has 1 aliphatic heterocycles. The van der Waals surface area contributed by atoms with Crippen LogP contribution in [0.15, 0.2) is 10.5 Å². The average molecular weight is 478 g/mol. The minimum Gasteiger partial charge on any atom is -0.478 e. The Labute approximate surface area is 178 Å². The van der Waals surface area contributed by atoms with Crippen molar-refractivity contribution in [2.75, 3.05) is 5.73 Å². The summed E-state index contributed by atoms with van der Waals surface area (Å²) in [5, 5.41) is 16.1. The third-order valence-electron chi connectivity index (χ3n) is 3.97. The van der Waals surface area contributed by atoms with E-state index >= 15 is 0 Å². The number of anilines is 1. The number of thiazole rings is 1. The molecule has 1 aromatic rings. The fourth-order valence-electron chi connectivity index (χ4n) is 2.38. The molecule has 0 aromatic carbocycles. The van der Waals surface area contributed by atoms with E-state index < -0.39 is 63.8 Å². The molecule has 7 N–H and O–H groups in total. The Morgan fingerprint density at radius 3 is 2.48 bits per heavy atom. The van der Waals surface area contributed by atoms with Gasteiger partial charge in [-0.15, -0.1) is 11.3 Å². The van der Waals surface area contributed by atoms with Gasteiger partial charge in [0.15, 0.2) is 10.8 Å². The highest BCUT2D eigenvalue weighted by Gasteiger charge is 2.54. The maximum Gasteiger partial charge on any atom is 0.362 e. The number of carbonyl (C=O) groups excluding carboxylic acids is 3. The molecule has 3 amide bonds. The molecule has 0 spiro atoms. The van der Waals surface area contributed by atoms with Gasteiger partial charge in [0.2, 0.25) is 11.5 Å². The SMILES string of the molecule is CC(C)(O/N=C(\C(=O)NC1C(=O)N(S(=O)(=O)O)C1CC(N)=O)c1csc(N)n1)C(=O)O. The minimum atomic E-state index is -5.01. The number of hydrogen-bond acceptors (Lipinski definition) is 11. The quantitative estimate of drug-likeness (QED) is 0.109. The van der Waals surface area contributed by atoms with E-state index in [4.69, 9.17) is 26.0 Å². The Balaban J connectivity index is 2.33. The van der Waals surface area contributed by atoms with Crippen LogP contribution in [0.5, 0.6) is 0 Å². The van der Waals surface area contributed by atoms with E-state index in [9.17, 15) is 27.6 Å². The number of aliphatic carboxylic acids is 1. The topological polar surface area (TPSA) is 245 Å². The predicted molar refractivity (Wildman–Crippen MR) is 104 cm³/mol. The lowest BCUT2D eigenvalue weighted by atomic mass is 9.95. The van der Waals surface area contributed by atoms with Crippen molar-refractivity contribution < 1.29 is 42.1 Å². The van der Waals surface area contributed by atoms with Crippen LogP contribution in [0.4, 0.5) is 5.13 Å². The number of aromatic nitrogens is 1. The molecule has 0 aliphatic carbocycles. The number of rotatable bonds is 9. The van der Waals surface area contributed by atoms with Crippen LogP contribution in [-0.4, -0.2) is 74.5 Å². The van der Waals surface area contributed by atoms with E-state index in [-0.39, 0.29) is 15.1 Å². The van der Waals surface area contributed by atoms with Gasteiger partial charge in [-0.3, -0.25) is 18.9 Å². The molecule has 0 saturated carbocycles. The summed E-state index contributed by atoms with van der Waals surface area (Å²) in [6.07, 6.45) is -0.685. The van der Waals surface area contributed by atoms with Crippen LogP contribution in [0, 0.1) is 0 Å². The van der Waals surface area contributed by atoms with Crippen molar-refractivity contribution >= 4 is 56.2 Å². The van der Waals surface area contributed by atoms with Crippen molar-refractivity contribution in [1.29, 1.82) is 0 Å². The number of nitrogens with two attached hydrogens (primary N) is 2. The van der Waals surface area contributed by atoms with Crippen molar-refractivity contribution in [2.45, 2.75) is 38.0 Å². The number of carbonyl (C=O) groups is 4. The molecule has 31 heavy (non-hydrogen) atoms. The van der Waals surface area contributed by atoms with Crippen LogP contribution in [0.1, 0.15) is 26.0 Å². The first-order chi connectivity index (χ1) is 14.1. The average Bonchev–Trinajstić information content (AvgIpc) is 3.03. The molecule has 2 heterocycles. The molecule has 1 saturated heterocycles. The van der Waals surface area contributed by atoms with Crippen LogP contribution >= 0.6 is 11.3 Å². The Morgan fingerprint density at radius 1 is 1.42 bits per heavy atom. The second-order valence-electron chi connectivity index (χ2n) is 6.72. The van der Waals surface area contributed by atoms with Gasteiger partial charge in [0.1, 0.15) is 11.7 Å². The van der Waals surface area contributed by atoms with Gasteiger partial charge in [-0.25, -0.2) is 14.1 Å². The fourth-order valence-corrected chi connectivity index (χ4v) is 3.80. The highest BCUT2D eigenvalue weighted by molar-refractivity contribution is 7.84. The smallest absolute Gasteiger partial charge is 0.362 e. The van der Waals surface area contributed by atoms with E-state index in [1.807, 2.05) is 0 Å². The first kappa shape index (κ1) is 24.0. The van der Waals surface area contributed by atoms with E-state index in [1.54, 1.807) is 0 Å². The number of carboxylic acids is 1. The maximum absolute atomic E-state index is 12.7. The van der Waals surface area contributed by atoms with Crippen molar-refractivity contribution in [2.24, 2.45) is 10.9 Å². The molecule has 2 atom stereocenters. The highest BCUT2D eigenvalue weighted by atomic mass is 32.2. The molecule has 2 unspecified atom stereocenters. The molecule has 2 rings (SSSR count). The molecule has 1 aliphatic rings. The van der Waals surface area contributed by atoms with E-state index in [0.717, 1.165) is 25.2 Å². The molecule has 0 radical (unpaired) electrons. The Kier molecular flexibility index (Phi) is 6.52.